The molecule has 412 valence electrons. The van der Waals surface area contributed by atoms with Crippen LogP contribution in [0.2, 0.25) is 0 Å². The number of phosphoric acid groups is 1. The first-order chi connectivity index (χ1) is 34.0. The third-order valence-corrected chi connectivity index (χ3v) is 14.5. The van der Waals surface area contributed by atoms with E-state index in [0.717, 1.165) is 64.2 Å². The van der Waals surface area contributed by atoms with Gasteiger partial charge in [0.1, 0.15) is 13.2 Å². The van der Waals surface area contributed by atoms with Crippen molar-refractivity contribution in [3.63, 3.8) is 0 Å². The fourth-order valence-electron chi connectivity index (χ4n) is 8.92. The second-order valence-corrected chi connectivity index (χ2v) is 23.1. The highest BCUT2D eigenvalue weighted by Gasteiger charge is 2.24. The third-order valence-electron chi connectivity index (χ3n) is 13.6. The molecule has 70 heavy (non-hydrogen) atoms. The summed E-state index contributed by atoms with van der Waals surface area (Å²) in [7, 11) is 1.31. The predicted molar refractivity (Wildman–Crippen MR) is 302 cm³/mol. The molecule has 8 nitrogen and oxygen atoms in total. The minimum absolute atomic E-state index is 0.0122. The molecule has 2 N–H and O–H groups in total. The van der Waals surface area contributed by atoms with Gasteiger partial charge in [-0.05, 0) is 51.4 Å². The highest BCUT2D eigenvalue weighted by molar-refractivity contribution is 7.45. The number of hydrogen-bond donors (Lipinski definition) is 2. The Morgan fingerprint density at radius 2 is 0.871 bits per heavy atom. The molecule has 0 aromatic rings. The van der Waals surface area contributed by atoms with Gasteiger partial charge in [0.25, 0.3) is 7.82 Å². The Morgan fingerprint density at radius 3 is 1.27 bits per heavy atom. The van der Waals surface area contributed by atoms with E-state index in [-0.39, 0.29) is 19.1 Å². The molecule has 0 spiro atoms. The average molecular weight is 1010 g/mol. The van der Waals surface area contributed by atoms with E-state index in [2.05, 4.69) is 67.8 Å². The number of allylic oxidation sites excluding steroid dienone is 8. The fourth-order valence-corrected chi connectivity index (χ4v) is 9.64. The van der Waals surface area contributed by atoms with E-state index in [1.54, 1.807) is 0 Å². The van der Waals surface area contributed by atoms with Gasteiger partial charge in [0.05, 0.1) is 39.9 Å². The van der Waals surface area contributed by atoms with Gasteiger partial charge in [-0.25, -0.2) is 0 Å². The van der Waals surface area contributed by atoms with Crippen molar-refractivity contribution < 1.29 is 32.9 Å². The Labute approximate surface area is 435 Å². The van der Waals surface area contributed by atoms with Crippen molar-refractivity contribution >= 4 is 13.7 Å². The maximum atomic E-state index is 13.0. The molecule has 0 saturated carbocycles. The maximum Gasteiger partial charge on any atom is 0.268 e. The zero-order chi connectivity index (χ0) is 51.3. The molecule has 0 heterocycles. The number of aliphatic hydroxyl groups excluding tert-OH is 1. The van der Waals surface area contributed by atoms with Gasteiger partial charge < -0.3 is 28.8 Å². The van der Waals surface area contributed by atoms with Crippen LogP contribution in [0.15, 0.2) is 48.6 Å². The highest BCUT2D eigenvalue weighted by atomic mass is 31.2. The third kappa shape index (κ3) is 54.2. The van der Waals surface area contributed by atoms with Crippen molar-refractivity contribution in [1.82, 2.24) is 5.32 Å². The molecule has 3 unspecified atom stereocenters. The van der Waals surface area contributed by atoms with E-state index in [4.69, 9.17) is 9.05 Å². The summed E-state index contributed by atoms with van der Waals surface area (Å²) in [5.41, 5.74) is 0. The lowest BCUT2D eigenvalue weighted by molar-refractivity contribution is -0.870. The Kier molecular flexibility index (Phi) is 51.2. The van der Waals surface area contributed by atoms with Gasteiger partial charge in [0, 0.05) is 6.42 Å². The van der Waals surface area contributed by atoms with Gasteiger partial charge in [0.15, 0.2) is 0 Å². The number of nitrogens with one attached hydrogen (secondary N) is 1. The summed E-state index contributed by atoms with van der Waals surface area (Å²) in [4.78, 5) is 25.6. The summed E-state index contributed by atoms with van der Waals surface area (Å²) in [6.45, 7) is 4.64. The molecule has 3 atom stereocenters. The molecule has 0 aromatic carbocycles. The van der Waals surface area contributed by atoms with Crippen molar-refractivity contribution in [3.05, 3.63) is 48.6 Å². The van der Waals surface area contributed by atoms with Crippen LogP contribution in [0.3, 0.4) is 0 Å². The summed E-state index contributed by atoms with van der Waals surface area (Å²) < 4.78 is 23.5. The molecular weight excluding hydrogens is 888 g/mol. The quantitative estimate of drug-likeness (QED) is 0.0272. The Hall–Kier alpha value is -1.54. The van der Waals surface area contributed by atoms with Crippen LogP contribution in [-0.4, -0.2) is 68.5 Å². The number of likely N-dealkylation sites (N-methyl/N-ethyl adjacent to an activating group) is 1. The van der Waals surface area contributed by atoms with E-state index in [9.17, 15) is 19.4 Å². The Balaban J connectivity index is 4.12. The largest absolute Gasteiger partial charge is 0.756 e. The first-order valence-corrected chi connectivity index (χ1v) is 31.4. The molecule has 0 radical (unpaired) electrons. The second kappa shape index (κ2) is 52.3. The number of carbonyl (C=O) groups excluding carboxylic acids is 1. The SMILES string of the molecule is CC/C=C\C/C=C\C/C=C\C/C=C\CCCCCCCCCCCCCCCCC(=O)NC(COP(=O)([O-])OCC[N+](C)(C)C)C(O)CCCCCCCCCCCCCCCCCCCCCCC. The molecule has 9 heteroatoms. The smallest absolute Gasteiger partial charge is 0.268 e. The van der Waals surface area contributed by atoms with Crippen LogP contribution >= 0.6 is 7.82 Å². The summed E-state index contributed by atoms with van der Waals surface area (Å²) in [6.07, 6.45) is 68.6. The van der Waals surface area contributed by atoms with Gasteiger partial charge in [0.2, 0.25) is 5.91 Å². The number of rotatable bonds is 55. The van der Waals surface area contributed by atoms with Gasteiger partial charge in [-0.1, -0.05) is 274 Å². The topological polar surface area (TPSA) is 108 Å². The molecule has 0 rings (SSSR count). The van der Waals surface area contributed by atoms with Crippen molar-refractivity contribution in [2.24, 2.45) is 0 Å². The van der Waals surface area contributed by atoms with Gasteiger partial charge >= 0.3 is 0 Å². The second-order valence-electron chi connectivity index (χ2n) is 21.7. The number of unbranched alkanes of at least 4 members (excludes halogenated alkanes) is 34. The van der Waals surface area contributed by atoms with E-state index < -0.39 is 20.0 Å². The zero-order valence-corrected chi connectivity index (χ0v) is 47.9. The van der Waals surface area contributed by atoms with Crippen LogP contribution in [-0.2, 0) is 18.4 Å². The van der Waals surface area contributed by atoms with Crippen molar-refractivity contribution in [3.8, 4) is 0 Å². The lowest BCUT2D eigenvalue weighted by Crippen LogP contribution is -2.46. The Morgan fingerprint density at radius 1 is 0.514 bits per heavy atom. The average Bonchev–Trinajstić information content (AvgIpc) is 3.32. The molecule has 0 saturated heterocycles. The molecule has 0 aromatic heterocycles. The zero-order valence-electron chi connectivity index (χ0n) is 47.0. The fraction of sp³-hybridized carbons (Fsp3) is 0.852. The van der Waals surface area contributed by atoms with Gasteiger partial charge in [-0.3, -0.25) is 9.36 Å². The predicted octanol–water partition coefficient (Wildman–Crippen LogP) is 17.7. The summed E-state index contributed by atoms with van der Waals surface area (Å²) in [5, 5.41) is 14.0. The molecule has 1 amide bonds. The van der Waals surface area contributed by atoms with Gasteiger partial charge in [-0.2, -0.15) is 0 Å². The van der Waals surface area contributed by atoms with E-state index in [1.807, 2.05) is 21.1 Å². The highest BCUT2D eigenvalue weighted by Crippen LogP contribution is 2.38. The van der Waals surface area contributed by atoms with Crippen molar-refractivity contribution in [2.45, 2.75) is 296 Å². The normalized spacial score (nSPS) is 14.2. The lowest BCUT2D eigenvalue weighted by Gasteiger charge is -2.30. The number of aliphatic hydroxyl groups is 1. The van der Waals surface area contributed by atoms with E-state index in [0.29, 0.717) is 23.9 Å². The minimum Gasteiger partial charge on any atom is -0.756 e. The number of nitrogens with zero attached hydrogens (tertiary/aromatic N) is 1. The summed E-state index contributed by atoms with van der Waals surface area (Å²) in [5.74, 6) is -0.163. The van der Waals surface area contributed by atoms with Crippen LogP contribution < -0.4 is 10.2 Å². The van der Waals surface area contributed by atoms with Gasteiger partial charge in [-0.15, -0.1) is 0 Å². The molecular formula is C61H117N2O6P. The number of phosphoric ester groups is 1. The van der Waals surface area contributed by atoms with Crippen LogP contribution in [0.4, 0.5) is 0 Å². The molecule has 0 fully saturated rings. The Bertz CT molecular complexity index is 1280. The summed E-state index contributed by atoms with van der Waals surface area (Å²) >= 11 is 0. The molecule has 0 aliphatic rings. The van der Waals surface area contributed by atoms with E-state index >= 15 is 0 Å². The summed E-state index contributed by atoms with van der Waals surface area (Å²) in [6, 6.07) is -0.802. The molecule has 0 aliphatic heterocycles. The number of carbonyl (C=O) groups is 1. The van der Waals surface area contributed by atoms with Crippen LogP contribution in [0.25, 0.3) is 0 Å². The molecule has 0 aliphatic carbocycles. The first-order valence-electron chi connectivity index (χ1n) is 30.0. The van der Waals surface area contributed by atoms with Crippen LogP contribution in [0.5, 0.6) is 0 Å². The van der Waals surface area contributed by atoms with Crippen LogP contribution in [0, 0.1) is 0 Å². The van der Waals surface area contributed by atoms with E-state index in [1.165, 1.54) is 193 Å². The first kappa shape index (κ1) is 68.5. The lowest BCUT2D eigenvalue weighted by atomic mass is 10.0. The maximum absolute atomic E-state index is 13.0. The number of hydrogen-bond acceptors (Lipinski definition) is 6. The minimum atomic E-state index is -4.58. The van der Waals surface area contributed by atoms with Crippen molar-refractivity contribution in [2.75, 3.05) is 40.9 Å². The number of quaternary nitrogens is 1. The van der Waals surface area contributed by atoms with Crippen molar-refractivity contribution in [1.29, 1.82) is 0 Å². The monoisotopic (exact) mass is 1000 g/mol. The number of amides is 1. The van der Waals surface area contributed by atoms with Crippen LogP contribution in [0.1, 0.15) is 284 Å². The molecule has 0 bridgehead atoms. The standard InChI is InChI=1S/C61H117N2O6P/c1-6-8-10-12-14-16-18-20-22-24-26-28-29-30-31-32-33-35-37-39-41-43-45-47-49-51-53-55-61(65)62-59(58-69-70(66,67)68-57-56-63(3,4)5)60(64)54-52-50-48-46-44-42-40-38-36-34-27-25-23-21-19-17-15-13-11-9-7-2/h8,10,14,16,20,22,26,28,59-60,64H,6-7,9,11-13,15,17-19,21,23-25,27,29-58H2,1-5H3,(H-,62,65,66,67)/b10-8-,16-14-,22-20-,28-26-.